The van der Waals surface area contributed by atoms with Crippen molar-refractivity contribution in [1.29, 1.82) is 0 Å². The summed E-state index contributed by atoms with van der Waals surface area (Å²) in [4.78, 5) is 11.3. The van der Waals surface area contributed by atoms with Crippen LogP contribution in [0.5, 0.6) is 0 Å². The second-order valence-corrected chi connectivity index (χ2v) is 3.42. The number of benzene rings is 1. The fourth-order valence-electron chi connectivity index (χ4n) is 1.45. The number of carbonyl (C=O) groups is 1. The maximum atomic E-state index is 11.3. The van der Waals surface area contributed by atoms with Crippen LogP contribution in [0.2, 0.25) is 0 Å². The molecule has 3 nitrogen and oxygen atoms in total. The third-order valence-electron chi connectivity index (χ3n) is 2.20. The Labute approximate surface area is 96.4 Å². The number of rotatable bonds is 6. The number of hydrogen-bond acceptors (Lipinski definition) is 3. The van der Waals surface area contributed by atoms with Crippen LogP contribution in [-0.4, -0.2) is 19.0 Å². The summed E-state index contributed by atoms with van der Waals surface area (Å²) >= 11 is 0. The van der Waals surface area contributed by atoms with Gasteiger partial charge in [-0.3, -0.25) is 4.79 Å². The molecule has 0 saturated carbocycles. The van der Waals surface area contributed by atoms with Gasteiger partial charge in [0, 0.05) is 24.3 Å². The summed E-state index contributed by atoms with van der Waals surface area (Å²) in [5, 5.41) is 0. The summed E-state index contributed by atoms with van der Waals surface area (Å²) in [6.45, 7) is 6.54. The van der Waals surface area contributed by atoms with Gasteiger partial charge in [0.1, 0.15) is 0 Å². The van der Waals surface area contributed by atoms with Crippen LogP contribution in [0.3, 0.4) is 0 Å². The quantitative estimate of drug-likeness (QED) is 0.548. The van der Waals surface area contributed by atoms with Crippen molar-refractivity contribution in [2.45, 2.75) is 27.1 Å². The van der Waals surface area contributed by atoms with Gasteiger partial charge in [-0.15, -0.1) is 0 Å². The van der Waals surface area contributed by atoms with Crippen LogP contribution in [0.25, 0.3) is 0 Å². The van der Waals surface area contributed by atoms with Crippen LogP contribution in [-0.2, 0) is 9.47 Å². The van der Waals surface area contributed by atoms with E-state index in [0.717, 1.165) is 5.56 Å². The molecule has 0 aliphatic heterocycles. The molecule has 0 heterocycles. The molecule has 16 heavy (non-hydrogen) atoms. The molecule has 1 aromatic rings. The van der Waals surface area contributed by atoms with Crippen molar-refractivity contribution in [3.63, 3.8) is 0 Å². The highest BCUT2D eigenvalue weighted by Gasteiger charge is 2.12. The third kappa shape index (κ3) is 3.43. The summed E-state index contributed by atoms with van der Waals surface area (Å²) in [6.07, 6.45) is -0.380. The van der Waals surface area contributed by atoms with Gasteiger partial charge in [0.15, 0.2) is 12.1 Å². The van der Waals surface area contributed by atoms with Crippen molar-refractivity contribution in [2.24, 2.45) is 0 Å². The van der Waals surface area contributed by atoms with Crippen LogP contribution in [0.1, 0.15) is 43.0 Å². The minimum atomic E-state index is -0.380. The van der Waals surface area contributed by atoms with Gasteiger partial charge in [-0.25, -0.2) is 0 Å². The molecule has 0 atom stereocenters. The first-order chi connectivity index (χ1) is 7.69. The summed E-state index contributed by atoms with van der Waals surface area (Å²) < 4.78 is 10.9. The van der Waals surface area contributed by atoms with Crippen LogP contribution in [0, 0.1) is 0 Å². The van der Waals surface area contributed by atoms with Crippen LogP contribution in [0.4, 0.5) is 0 Å². The Balaban J connectivity index is 2.90. The second-order valence-electron chi connectivity index (χ2n) is 3.42. The zero-order valence-corrected chi connectivity index (χ0v) is 10.0. The molecule has 0 amide bonds. The van der Waals surface area contributed by atoms with E-state index in [9.17, 15) is 4.79 Å². The van der Waals surface area contributed by atoms with Crippen molar-refractivity contribution in [3.8, 4) is 0 Å². The lowest BCUT2D eigenvalue weighted by Crippen LogP contribution is -2.09. The molecule has 0 saturated heterocycles. The fraction of sp³-hybridized carbons (Fsp3) is 0.462. The molecule has 0 aliphatic carbocycles. The van der Waals surface area contributed by atoms with Crippen LogP contribution in [0.15, 0.2) is 24.3 Å². The molecule has 0 bridgehead atoms. The Kier molecular flexibility index (Phi) is 5.15. The highest BCUT2D eigenvalue weighted by molar-refractivity contribution is 5.94. The SMILES string of the molecule is CCOC(OCC)c1cccc(C(C)=O)c1. The van der Waals surface area contributed by atoms with Gasteiger partial charge < -0.3 is 9.47 Å². The highest BCUT2D eigenvalue weighted by atomic mass is 16.7. The second kappa shape index (κ2) is 6.40. The average Bonchev–Trinajstić information content (AvgIpc) is 2.29. The molecule has 3 heteroatoms. The normalized spacial score (nSPS) is 10.8. The largest absolute Gasteiger partial charge is 0.349 e. The van der Waals surface area contributed by atoms with Gasteiger partial charge >= 0.3 is 0 Å². The van der Waals surface area contributed by atoms with E-state index in [2.05, 4.69) is 0 Å². The summed E-state index contributed by atoms with van der Waals surface area (Å²) in [7, 11) is 0. The first kappa shape index (κ1) is 12.9. The van der Waals surface area contributed by atoms with E-state index < -0.39 is 0 Å². The maximum Gasteiger partial charge on any atom is 0.183 e. The molecule has 88 valence electrons. The minimum absolute atomic E-state index is 0.0496. The van der Waals surface area contributed by atoms with Gasteiger partial charge in [-0.05, 0) is 26.8 Å². The topological polar surface area (TPSA) is 35.5 Å². The molecule has 0 aromatic heterocycles. The molecule has 0 unspecified atom stereocenters. The molecule has 0 fully saturated rings. The number of carbonyl (C=O) groups excluding carboxylic acids is 1. The molecule has 1 aromatic carbocycles. The number of ether oxygens (including phenoxy) is 2. The van der Waals surface area contributed by atoms with Gasteiger partial charge in [0.25, 0.3) is 0 Å². The minimum Gasteiger partial charge on any atom is -0.349 e. The maximum absolute atomic E-state index is 11.3. The van der Waals surface area contributed by atoms with E-state index in [0.29, 0.717) is 18.8 Å². The third-order valence-corrected chi connectivity index (χ3v) is 2.20. The number of ketones is 1. The Bertz CT molecular complexity index is 341. The van der Waals surface area contributed by atoms with Crippen molar-refractivity contribution in [1.82, 2.24) is 0 Å². The Hall–Kier alpha value is -1.19. The Morgan fingerprint density at radius 1 is 1.25 bits per heavy atom. The first-order valence-electron chi connectivity index (χ1n) is 5.53. The van der Waals surface area contributed by atoms with Gasteiger partial charge in [0.05, 0.1) is 0 Å². The van der Waals surface area contributed by atoms with Crippen LogP contribution >= 0.6 is 0 Å². The van der Waals surface area contributed by atoms with Crippen molar-refractivity contribution in [3.05, 3.63) is 35.4 Å². The number of Topliss-reactive ketones (excluding diaryl/α,β-unsaturated/α-hetero) is 1. The van der Waals surface area contributed by atoms with Crippen molar-refractivity contribution in [2.75, 3.05) is 13.2 Å². The van der Waals surface area contributed by atoms with Gasteiger partial charge in [-0.2, -0.15) is 0 Å². The van der Waals surface area contributed by atoms with E-state index >= 15 is 0 Å². The van der Waals surface area contributed by atoms with E-state index in [4.69, 9.17) is 9.47 Å². The highest BCUT2D eigenvalue weighted by Crippen LogP contribution is 2.20. The average molecular weight is 222 g/mol. The molecular weight excluding hydrogens is 204 g/mol. The smallest absolute Gasteiger partial charge is 0.183 e. The van der Waals surface area contributed by atoms with E-state index in [1.165, 1.54) is 0 Å². The molecular formula is C13H18O3. The zero-order valence-electron chi connectivity index (χ0n) is 10.0. The summed E-state index contributed by atoms with van der Waals surface area (Å²) in [6, 6.07) is 7.36. The summed E-state index contributed by atoms with van der Waals surface area (Å²) in [5.74, 6) is 0.0496. The predicted molar refractivity (Wildman–Crippen MR) is 62.4 cm³/mol. The van der Waals surface area contributed by atoms with Crippen molar-refractivity contribution >= 4 is 5.78 Å². The van der Waals surface area contributed by atoms with Crippen LogP contribution < -0.4 is 0 Å². The Morgan fingerprint density at radius 3 is 2.38 bits per heavy atom. The predicted octanol–water partition coefficient (Wildman–Crippen LogP) is 2.96. The van der Waals surface area contributed by atoms with E-state index in [-0.39, 0.29) is 12.1 Å². The molecule has 0 radical (unpaired) electrons. The van der Waals surface area contributed by atoms with E-state index in [1.54, 1.807) is 13.0 Å². The van der Waals surface area contributed by atoms with E-state index in [1.807, 2.05) is 32.0 Å². The molecule has 1 rings (SSSR count). The number of hydrogen-bond donors (Lipinski definition) is 0. The summed E-state index contributed by atoms with van der Waals surface area (Å²) in [5.41, 5.74) is 1.57. The molecule has 0 N–H and O–H groups in total. The van der Waals surface area contributed by atoms with Gasteiger partial charge in [-0.1, -0.05) is 18.2 Å². The molecule has 0 aliphatic rings. The van der Waals surface area contributed by atoms with Crippen molar-refractivity contribution < 1.29 is 14.3 Å². The van der Waals surface area contributed by atoms with Gasteiger partial charge in [0.2, 0.25) is 0 Å². The standard InChI is InChI=1S/C13H18O3/c1-4-15-13(16-5-2)12-8-6-7-11(9-12)10(3)14/h6-9,13H,4-5H2,1-3H3. The lowest BCUT2D eigenvalue weighted by molar-refractivity contribution is -0.140. The Morgan fingerprint density at radius 2 is 1.88 bits per heavy atom. The monoisotopic (exact) mass is 222 g/mol. The lowest BCUT2D eigenvalue weighted by Gasteiger charge is -2.17. The fourth-order valence-corrected chi connectivity index (χ4v) is 1.45. The lowest BCUT2D eigenvalue weighted by atomic mass is 10.1. The zero-order chi connectivity index (χ0) is 12.0. The molecule has 0 spiro atoms. The first-order valence-corrected chi connectivity index (χ1v) is 5.53.